The number of hydrogen-bond acceptors (Lipinski definition) is 7. The molecule has 0 bridgehead atoms. The Hall–Kier alpha value is -2.97. The number of imidazole rings is 1. The van der Waals surface area contributed by atoms with Crippen LogP contribution in [-0.4, -0.2) is 62.1 Å². The number of hydrogen-bond donors (Lipinski definition) is 1. The van der Waals surface area contributed by atoms with Crippen molar-refractivity contribution in [2.24, 2.45) is 0 Å². The van der Waals surface area contributed by atoms with Crippen LogP contribution in [0.2, 0.25) is 0 Å². The van der Waals surface area contributed by atoms with Crippen molar-refractivity contribution in [3.05, 3.63) is 30.2 Å². The lowest BCUT2D eigenvalue weighted by Crippen LogP contribution is -2.35. The Morgan fingerprint density at radius 3 is 2.96 bits per heavy atom. The Morgan fingerprint density at radius 1 is 1.15 bits per heavy atom. The molecule has 134 valence electrons. The van der Waals surface area contributed by atoms with Crippen LogP contribution < -0.4 is 4.90 Å². The monoisotopic (exact) mass is 353 g/mol. The number of anilines is 1. The third-order valence-electron chi connectivity index (χ3n) is 5.02. The molecular weight excluding hydrogens is 334 g/mol. The highest BCUT2D eigenvalue weighted by atomic mass is 16.5. The standard InChI is InChI=1S/C17H19N7O2/c25-17(13-8-12(22-26-13)11-2-3-11)24-5-1-4-23(6-7-24)16-14-15(19-9-18-14)20-10-21-16/h8-11H,1-7H2,(H,18,19,20,21). The molecule has 26 heavy (non-hydrogen) atoms. The van der Waals surface area contributed by atoms with Crippen LogP contribution in [-0.2, 0) is 0 Å². The fourth-order valence-electron chi connectivity index (χ4n) is 3.44. The van der Waals surface area contributed by atoms with Crippen molar-refractivity contribution in [1.82, 2.24) is 30.0 Å². The van der Waals surface area contributed by atoms with E-state index in [1.165, 1.54) is 6.33 Å². The zero-order valence-electron chi connectivity index (χ0n) is 14.3. The largest absolute Gasteiger partial charge is 0.353 e. The number of rotatable bonds is 3. The normalized spacial score (nSPS) is 18.3. The molecule has 0 unspecified atom stereocenters. The molecule has 1 saturated heterocycles. The van der Waals surface area contributed by atoms with E-state index >= 15 is 0 Å². The molecule has 0 spiro atoms. The molecule has 0 aromatic carbocycles. The van der Waals surface area contributed by atoms with Gasteiger partial charge in [-0.25, -0.2) is 15.0 Å². The van der Waals surface area contributed by atoms with E-state index < -0.39 is 0 Å². The lowest BCUT2D eigenvalue weighted by atomic mass is 10.2. The molecule has 9 nitrogen and oxygen atoms in total. The second kappa shape index (κ2) is 6.08. The van der Waals surface area contributed by atoms with Crippen LogP contribution in [0.1, 0.15) is 41.4 Å². The third-order valence-corrected chi connectivity index (χ3v) is 5.02. The Morgan fingerprint density at radius 2 is 2.08 bits per heavy atom. The molecule has 2 aliphatic rings. The second-order valence-corrected chi connectivity index (χ2v) is 6.82. The van der Waals surface area contributed by atoms with Gasteiger partial charge in [0.2, 0.25) is 5.76 Å². The number of amides is 1. The van der Waals surface area contributed by atoms with Crippen LogP contribution in [0.4, 0.5) is 5.82 Å². The van der Waals surface area contributed by atoms with Gasteiger partial charge in [0, 0.05) is 38.2 Å². The number of fused-ring (bicyclic) bond motifs is 1. The van der Waals surface area contributed by atoms with Crippen molar-refractivity contribution in [3.63, 3.8) is 0 Å². The van der Waals surface area contributed by atoms with Gasteiger partial charge in [0.05, 0.1) is 12.0 Å². The van der Waals surface area contributed by atoms with Gasteiger partial charge in [0.1, 0.15) is 11.8 Å². The Bertz CT molecular complexity index is 945. The van der Waals surface area contributed by atoms with E-state index in [1.54, 1.807) is 12.4 Å². The van der Waals surface area contributed by atoms with Crippen molar-refractivity contribution in [3.8, 4) is 0 Å². The number of aromatic nitrogens is 5. The number of nitrogens with one attached hydrogen (secondary N) is 1. The third kappa shape index (κ3) is 2.69. The van der Waals surface area contributed by atoms with Gasteiger partial charge in [-0.3, -0.25) is 4.79 Å². The number of aromatic amines is 1. The summed E-state index contributed by atoms with van der Waals surface area (Å²) in [5.41, 5.74) is 2.39. The highest BCUT2D eigenvalue weighted by Crippen LogP contribution is 2.39. The first-order valence-electron chi connectivity index (χ1n) is 8.94. The van der Waals surface area contributed by atoms with Gasteiger partial charge in [-0.05, 0) is 19.3 Å². The Labute approximate surface area is 149 Å². The molecule has 1 N–H and O–H groups in total. The van der Waals surface area contributed by atoms with Crippen molar-refractivity contribution in [2.75, 3.05) is 31.1 Å². The topological polar surface area (TPSA) is 104 Å². The maximum atomic E-state index is 12.8. The summed E-state index contributed by atoms with van der Waals surface area (Å²) in [7, 11) is 0. The minimum absolute atomic E-state index is 0.0828. The quantitative estimate of drug-likeness (QED) is 0.762. The summed E-state index contributed by atoms with van der Waals surface area (Å²) in [5.74, 6) is 1.57. The Balaban J connectivity index is 1.32. The van der Waals surface area contributed by atoms with E-state index in [4.69, 9.17) is 4.52 Å². The summed E-state index contributed by atoms with van der Waals surface area (Å²) in [6.07, 6.45) is 6.28. The molecule has 2 fully saturated rings. The van der Waals surface area contributed by atoms with Gasteiger partial charge in [-0.1, -0.05) is 5.16 Å². The molecule has 0 radical (unpaired) electrons. The second-order valence-electron chi connectivity index (χ2n) is 6.82. The van der Waals surface area contributed by atoms with Crippen molar-refractivity contribution in [1.29, 1.82) is 0 Å². The molecule has 1 saturated carbocycles. The minimum atomic E-state index is -0.0828. The fourth-order valence-corrected chi connectivity index (χ4v) is 3.44. The highest BCUT2D eigenvalue weighted by molar-refractivity contribution is 5.91. The fraction of sp³-hybridized carbons (Fsp3) is 0.471. The van der Waals surface area contributed by atoms with Crippen molar-refractivity contribution >= 4 is 22.9 Å². The van der Waals surface area contributed by atoms with Gasteiger partial charge in [0.25, 0.3) is 5.91 Å². The summed E-state index contributed by atoms with van der Waals surface area (Å²) in [6, 6.07) is 1.81. The molecule has 3 aromatic rings. The molecule has 5 rings (SSSR count). The van der Waals surface area contributed by atoms with Crippen LogP contribution in [0, 0.1) is 0 Å². The molecule has 9 heteroatoms. The number of H-pyrrole nitrogens is 1. The zero-order chi connectivity index (χ0) is 17.5. The molecule has 0 atom stereocenters. The van der Waals surface area contributed by atoms with Gasteiger partial charge in [0.15, 0.2) is 11.5 Å². The summed E-state index contributed by atoms with van der Waals surface area (Å²) in [4.78, 5) is 32.6. The van der Waals surface area contributed by atoms with Crippen molar-refractivity contribution < 1.29 is 9.32 Å². The lowest BCUT2D eigenvalue weighted by molar-refractivity contribution is 0.0725. The van der Waals surface area contributed by atoms with Crippen LogP contribution in [0.15, 0.2) is 23.2 Å². The van der Waals surface area contributed by atoms with Gasteiger partial charge < -0.3 is 19.3 Å². The summed E-state index contributed by atoms with van der Waals surface area (Å²) >= 11 is 0. The SMILES string of the molecule is O=C(c1cc(C2CC2)no1)N1CCCN(c2ncnc3nc[nH]c23)CC1. The summed E-state index contributed by atoms with van der Waals surface area (Å²) < 4.78 is 5.29. The van der Waals surface area contributed by atoms with Gasteiger partial charge in [-0.2, -0.15) is 0 Å². The lowest BCUT2D eigenvalue weighted by Gasteiger charge is -2.22. The smallest absolute Gasteiger partial charge is 0.292 e. The van der Waals surface area contributed by atoms with Crippen molar-refractivity contribution in [2.45, 2.75) is 25.2 Å². The van der Waals surface area contributed by atoms with E-state index in [0.717, 1.165) is 42.8 Å². The molecule has 3 aromatic heterocycles. The molecular formula is C17H19N7O2. The maximum Gasteiger partial charge on any atom is 0.292 e. The first kappa shape index (κ1) is 15.3. The number of nitrogens with zero attached hydrogens (tertiary/aromatic N) is 6. The number of carbonyl (C=O) groups excluding carboxylic acids is 1. The minimum Gasteiger partial charge on any atom is -0.353 e. The molecule has 4 heterocycles. The summed E-state index contributed by atoms with van der Waals surface area (Å²) in [6.45, 7) is 2.81. The highest BCUT2D eigenvalue weighted by Gasteiger charge is 2.30. The predicted molar refractivity (Wildman–Crippen MR) is 92.9 cm³/mol. The van der Waals surface area contributed by atoms with E-state index in [-0.39, 0.29) is 5.91 Å². The average Bonchev–Trinajstić information content (AvgIpc) is 3.28. The van der Waals surface area contributed by atoms with Crippen LogP contribution in [0.25, 0.3) is 11.2 Å². The molecule has 1 amide bonds. The summed E-state index contributed by atoms with van der Waals surface area (Å²) in [5, 5.41) is 4.05. The first-order valence-corrected chi connectivity index (χ1v) is 8.94. The van der Waals surface area contributed by atoms with E-state index in [9.17, 15) is 4.79 Å². The average molecular weight is 353 g/mol. The molecule has 1 aliphatic heterocycles. The first-order chi connectivity index (χ1) is 12.8. The number of carbonyl (C=O) groups is 1. The van der Waals surface area contributed by atoms with Crippen LogP contribution in [0.3, 0.4) is 0 Å². The van der Waals surface area contributed by atoms with Crippen LogP contribution in [0.5, 0.6) is 0 Å². The molecule has 1 aliphatic carbocycles. The predicted octanol–water partition coefficient (Wildman–Crippen LogP) is 1.57. The maximum absolute atomic E-state index is 12.8. The van der Waals surface area contributed by atoms with E-state index in [2.05, 4.69) is 30.0 Å². The van der Waals surface area contributed by atoms with Crippen LogP contribution >= 0.6 is 0 Å². The van der Waals surface area contributed by atoms with E-state index in [0.29, 0.717) is 37.0 Å². The van der Waals surface area contributed by atoms with Gasteiger partial charge >= 0.3 is 0 Å². The zero-order valence-corrected chi connectivity index (χ0v) is 14.3. The Kier molecular flexibility index (Phi) is 3.58. The van der Waals surface area contributed by atoms with E-state index in [1.807, 2.05) is 4.90 Å². The van der Waals surface area contributed by atoms with Gasteiger partial charge in [-0.15, -0.1) is 0 Å².